The molecule has 0 aliphatic carbocycles. The van der Waals surface area contributed by atoms with E-state index in [0.717, 1.165) is 57.2 Å². The molecule has 0 saturated carbocycles. The third-order valence-corrected chi connectivity index (χ3v) is 3.79. The summed E-state index contributed by atoms with van der Waals surface area (Å²) in [5.41, 5.74) is 0. The average Bonchev–Trinajstić information content (AvgIpc) is 3.17. The Labute approximate surface area is 130 Å². The highest BCUT2D eigenvalue weighted by Crippen LogP contribution is 2.11. The van der Waals surface area contributed by atoms with E-state index in [2.05, 4.69) is 27.1 Å². The van der Waals surface area contributed by atoms with E-state index in [-0.39, 0.29) is 6.10 Å². The lowest BCUT2D eigenvalue weighted by molar-refractivity contribution is -0.0410. The average molecular weight is 305 g/mol. The van der Waals surface area contributed by atoms with Crippen LogP contribution in [0.3, 0.4) is 0 Å². The summed E-state index contributed by atoms with van der Waals surface area (Å²) in [7, 11) is 0. The SMILES string of the molecule is CCCCc1nc(CN2CCOC(Cn3cccn3)C2)no1. The van der Waals surface area contributed by atoms with Crippen molar-refractivity contribution in [2.75, 3.05) is 19.7 Å². The number of rotatable bonds is 7. The summed E-state index contributed by atoms with van der Waals surface area (Å²) < 4.78 is 13.0. The number of hydrogen-bond donors (Lipinski definition) is 0. The Morgan fingerprint density at radius 2 is 2.36 bits per heavy atom. The van der Waals surface area contributed by atoms with E-state index in [1.54, 1.807) is 6.20 Å². The summed E-state index contributed by atoms with van der Waals surface area (Å²) >= 11 is 0. The van der Waals surface area contributed by atoms with Gasteiger partial charge in [0.25, 0.3) is 0 Å². The molecule has 1 atom stereocenters. The van der Waals surface area contributed by atoms with Crippen LogP contribution in [0.25, 0.3) is 0 Å². The molecular weight excluding hydrogens is 282 g/mol. The standard InChI is InChI=1S/C15H23N5O2/c1-2-3-5-15-17-14(18-22-15)12-19-8-9-21-13(10-19)11-20-7-4-6-16-20/h4,6-7,13H,2-3,5,8-12H2,1H3. The van der Waals surface area contributed by atoms with Crippen LogP contribution in [0.15, 0.2) is 23.0 Å². The second kappa shape index (κ2) is 7.51. The fraction of sp³-hybridized carbons (Fsp3) is 0.667. The number of ether oxygens (including phenoxy) is 1. The fourth-order valence-corrected chi connectivity index (χ4v) is 2.64. The van der Waals surface area contributed by atoms with Crippen LogP contribution in [0.5, 0.6) is 0 Å². The van der Waals surface area contributed by atoms with E-state index in [4.69, 9.17) is 9.26 Å². The van der Waals surface area contributed by atoms with E-state index in [1.165, 1.54) is 0 Å². The van der Waals surface area contributed by atoms with Gasteiger partial charge >= 0.3 is 0 Å². The molecule has 1 aliphatic heterocycles. The Morgan fingerprint density at radius 3 is 3.18 bits per heavy atom. The molecule has 1 fully saturated rings. The largest absolute Gasteiger partial charge is 0.374 e. The Kier molecular flexibility index (Phi) is 5.18. The Bertz CT molecular complexity index is 554. The van der Waals surface area contributed by atoms with E-state index < -0.39 is 0 Å². The van der Waals surface area contributed by atoms with E-state index in [9.17, 15) is 0 Å². The number of aromatic nitrogens is 4. The molecule has 1 saturated heterocycles. The minimum absolute atomic E-state index is 0.153. The summed E-state index contributed by atoms with van der Waals surface area (Å²) in [6, 6.07) is 1.93. The molecule has 22 heavy (non-hydrogen) atoms. The molecule has 0 N–H and O–H groups in total. The lowest BCUT2D eigenvalue weighted by Gasteiger charge is -2.31. The Balaban J connectivity index is 1.50. The summed E-state index contributed by atoms with van der Waals surface area (Å²) in [4.78, 5) is 6.78. The molecule has 7 heteroatoms. The van der Waals surface area contributed by atoms with Crippen molar-refractivity contribution < 1.29 is 9.26 Å². The minimum atomic E-state index is 0.153. The lowest BCUT2D eigenvalue weighted by atomic mass is 10.2. The predicted molar refractivity (Wildman–Crippen MR) is 80.2 cm³/mol. The zero-order valence-electron chi connectivity index (χ0n) is 13.0. The van der Waals surface area contributed by atoms with Crippen molar-refractivity contribution in [3.05, 3.63) is 30.2 Å². The first-order valence-electron chi connectivity index (χ1n) is 7.96. The van der Waals surface area contributed by atoms with Gasteiger partial charge in [-0.25, -0.2) is 0 Å². The molecule has 0 radical (unpaired) electrons. The van der Waals surface area contributed by atoms with Crippen LogP contribution in [-0.2, 0) is 24.2 Å². The van der Waals surface area contributed by atoms with Crippen molar-refractivity contribution in [1.29, 1.82) is 0 Å². The van der Waals surface area contributed by atoms with Crippen LogP contribution in [-0.4, -0.2) is 50.6 Å². The van der Waals surface area contributed by atoms with Crippen molar-refractivity contribution in [2.24, 2.45) is 0 Å². The maximum absolute atomic E-state index is 5.81. The second-order valence-electron chi connectivity index (χ2n) is 5.66. The van der Waals surface area contributed by atoms with Gasteiger partial charge in [-0.15, -0.1) is 0 Å². The van der Waals surface area contributed by atoms with Crippen molar-refractivity contribution in [2.45, 2.75) is 45.4 Å². The van der Waals surface area contributed by atoms with Gasteiger partial charge in [-0.3, -0.25) is 9.58 Å². The number of aryl methyl sites for hydroxylation is 1. The highest BCUT2D eigenvalue weighted by Gasteiger charge is 2.22. The molecule has 0 bridgehead atoms. The zero-order valence-corrected chi connectivity index (χ0v) is 13.0. The zero-order chi connectivity index (χ0) is 15.2. The van der Waals surface area contributed by atoms with Gasteiger partial charge in [-0.1, -0.05) is 18.5 Å². The van der Waals surface area contributed by atoms with Crippen LogP contribution in [0.1, 0.15) is 31.5 Å². The molecule has 0 spiro atoms. The molecule has 0 amide bonds. The van der Waals surface area contributed by atoms with Gasteiger partial charge < -0.3 is 9.26 Å². The molecule has 1 aliphatic rings. The quantitative estimate of drug-likeness (QED) is 0.772. The van der Waals surface area contributed by atoms with E-state index in [1.807, 2.05) is 16.9 Å². The molecule has 0 aromatic carbocycles. The summed E-state index contributed by atoms with van der Waals surface area (Å²) in [5.74, 6) is 1.52. The van der Waals surface area contributed by atoms with Crippen molar-refractivity contribution in [3.63, 3.8) is 0 Å². The fourth-order valence-electron chi connectivity index (χ4n) is 2.64. The Hall–Kier alpha value is -1.73. The van der Waals surface area contributed by atoms with Gasteiger partial charge in [-0.2, -0.15) is 10.1 Å². The number of morpholine rings is 1. The predicted octanol–water partition coefficient (Wildman–Crippen LogP) is 1.51. The topological polar surface area (TPSA) is 69.2 Å². The summed E-state index contributed by atoms with van der Waals surface area (Å²) in [6.45, 7) is 6.14. The van der Waals surface area contributed by atoms with Gasteiger partial charge in [0.1, 0.15) is 0 Å². The third kappa shape index (κ3) is 4.14. The normalized spacial score (nSPS) is 19.6. The van der Waals surface area contributed by atoms with Crippen LogP contribution >= 0.6 is 0 Å². The third-order valence-electron chi connectivity index (χ3n) is 3.79. The summed E-state index contributed by atoms with van der Waals surface area (Å²) in [5, 5.41) is 8.31. The first-order valence-corrected chi connectivity index (χ1v) is 7.96. The first-order chi connectivity index (χ1) is 10.8. The van der Waals surface area contributed by atoms with Crippen molar-refractivity contribution >= 4 is 0 Å². The monoisotopic (exact) mass is 305 g/mol. The van der Waals surface area contributed by atoms with E-state index in [0.29, 0.717) is 6.54 Å². The maximum atomic E-state index is 5.81. The highest BCUT2D eigenvalue weighted by atomic mass is 16.5. The molecule has 2 aromatic rings. The van der Waals surface area contributed by atoms with Gasteiger partial charge in [-0.05, 0) is 12.5 Å². The number of unbranched alkanes of at least 4 members (excludes halogenated alkanes) is 1. The van der Waals surface area contributed by atoms with Crippen LogP contribution in [0.2, 0.25) is 0 Å². The molecule has 1 unspecified atom stereocenters. The first kappa shape index (κ1) is 15.2. The van der Waals surface area contributed by atoms with Crippen LogP contribution < -0.4 is 0 Å². The second-order valence-corrected chi connectivity index (χ2v) is 5.66. The van der Waals surface area contributed by atoms with Crippen molar-refractivity contribution in [1.82, 2.24) is 24.8 Å². The summed E-state index contributed by atoms with van der Waals surface area (Å²) in [6.07, 6.45) is 7.00. The van der Waals surface area contributed by atoms with Gasteiger partial charge in [0.05, 0.1) is 25.8 Å². The molecule has 2 aromatic heterocycles. The minimum Gasteiger partial charge on any atom is -0.374 e. The van der Waals surface area contributed by atoms with Gasteiger partial charge in [0.15, 0.2) is 5.82 Å². The van der Waals surface area contributed by atoms with Gasteiger partial charge in [0.2, 0.25) is 5.89 Å². The molecular formula is C15H23N5O2. The molecule has 3 rings (SSSR count). The van der Waals surface area contributed by atoms with E-state index >= 15 is 0 Å². The van der Waals surface area contributed by atoms with Crippen LogP contribution in [0, 0.1) is 0 Å². The van der Waals surface area contributed by atoms with Crippen LogP contribution in [0.4, 0.5) is 0 Å². The Morgan fingerprint density at radius 1 is 1.41 bits per heavy atom. The number of hydrogen-bond acceptors (Lipinski definition) is 6. The maximum Gasteiger partial charge on any atom is 0.226 e. The molecule has 3 heterocycles. The molecule has 7 nitrogen and oxygen atoms in total. The van der Waals surface area contributed by atoms with Crippen molar-refractivity contribution in [3.8, 4) is 0 Å². The smallest absolute Gasteiger partial charge is 0.226 e. The lowest BCUT2D eigenvalue weighted by Crippen LogP contribution is -2.43. The van der Waals surface area contributed by atoms with Gasteiger partial charge in [0, 0.05) is 31.9 Å². The number of nitrogens with zero attached hydrogens (tertiary/aromatic N) is 5. The molecule has 120 valence electrons. The highest BCUT2D eigenvalue weighted by molar-refractivity contribution is 4.88.